The number of carbonyl (C=O) groups excluding carboxylic acids is 2. The molecule has 0 radical (unpaired) electrons. The molecule has 1 atom stereocenters. The first-order valence-corrected chi connectivity index (χ1v) is 10.6. The topological polar surface area (TPSA) is 103 Å². The predicted octanol–water partition coefficient (Wildman–Crippen LogP) is 4.15. The number of methoxy groups -OCH3 is 1. The molecule has 1 amide bonds. The molecule has 0 saturated carbocycles. The van der Waals surface area contributed by atoms with Crippen LogP contribution in [-0.2, 0) is 4.79 Å². The lowest BCUT2D eigenvalue weighted by atomic mass is 10.0. The van der Waals surface area contributed by atoms with Crippen molar-refractivity contribution in [3.8, 4) is 22.1 Å². The molecule has 0 saturated heterocycles. The summed E-state index contributed by atoms with van der Waals surface area (Å²) in [7, 11) is 1.42. The highest BCUT2D eigenvalue weighted by atomic mass is 32.1. The summed E-state index contributed by atoms with van der Waals surface area (Å²) in [6.07, 6.45) is 1.41. The Morgan fingerprint density at radius 3 is 2.39 bits per heavy atom. The van der Waals surface area contributed by atoms with E-state index in [2.05, 4.69) is 46.5 Å². The van der Waals surface area contributed by atoms with Crippen LogP contribution in [0.25, 0.3) is 10.6 Å². The van der Waals surface area contributed by atoms with Crippen LogP contribution in [0.3, 0.4) is 0 Å². The highest BCUT2D eigenvalue weighted by molar-refractivity contribution is 7.14. The third kappa shape index (κ3) is 5.24. The molecule has 0 unspecified atom stereocenters. The number of esters is 1. The molecule has 31 heavy (non-hydrogen) atoms. The molecule has 2 aromatic heterocycles. The fourth-order valence-corrected chi connectivity index (χ4v) is 3.71. The summed E-state index contributed by atoms with van der Waals surface area (Å²) in [5.74, 6) is -0.417. The number of hydrogen-bond acceptors (Lipinski definition) is 8. The minimum atomic E-state index is -0.578. The quantitative estimate of drug-likeness (QED) is 0.551. The third-order valence-electron chi connectivity index (χ3n) is 4.53. The summed E-state index contributed by atoms with van der Waals surface area (Å²) in [5.41, 5.74) is 2.18. The van der Waals surface area contributed by atoms with Gasteiger partial charge in [-0.25, -0.2) is 4.98 Å². The van der Waals surface area contributed by atoms with E-state index in [0.29, 0.717) is 10.9 Å². The number of nitrogens with zero attached hydrogens (tertiary/aromatic N) is 3. The van der Waals surface area contributed by atoms with Crippen molar-refractivity contribution in [1.82, 2.24) is 20.5 Å². The first kappa shape index (κ1) is 22.4. The van der Waals surface area contributed by atoms with Crippen LogP contribution in [0.1, 0.15) is 60.7 Å². The van der Waals surface area contributed by atoms with Crippen LogP contribution in [0, 0.1) is 0 Å². The molecule has 0 spiro atoms. The fourth-order valence-electron chi connectivity index (χ4n) is 2.86. The molecule has 9 heteroatoms. The lowest BCUT2D eigenvalue weighted by Gasteiger charge is -2.14. The van der Waals surface area contributed by atoms with E-state index in [0.717, 1.165) is 10.6 Å². The van der Waals surface area contributed by atoms with Gasteiger partial charge in [-0.05, 0) is 18.4 Å². The number of amides is 1. The summed E-state index contributed by atoms with van der Waals surface area (Å²) >= 11 is 1.40. The average Bonchev–Trinajstić information content (AvgIpc) is 3.24. The van der Waals surface area contributed by atoms with Gasteiger partial charge in [0.15, 0.2) is 11.4 Å². The zero-order valence-corrected chi connectivity index (χ0v) is 18.8. The van der Waals surface area contributed by atoms with Crippen LogP contribution in [0.15, 0.2) is 36.5 Å². The van der Waals surface area contributed by atoms with Crippen LogP contribution >= 0.6 is 11.3 Å². The molecule has 0 fully saturated rings. The highest BCUT2D eigenvalue weighted by Gasteiger charge is 2.23. The number of nitrogens with one attached hydrogen (secondary N) is 1. The molecule has 1 N–H and O–H groups in total. The number of pyridine rings is 1. The summed E-state index contributed by atoms with van der Waals surface area (Å²) in [4.78, 5) is 28.3. The van der Waals surface area contributed by atoms with Gasteiger partial charge < -0.3 is 14.8 Å². The number of rotatable bonds is 7. The van der Waals surface area contributed by atoms with Gasteiger partial charge in [0.1, 0.15) is 10.0 Å². The van der Waals surface area contributed by atoms with E-state index >= 15 is 0 Å². The number of benzene rings is 1. The van der Waals surface area contributed by atoms with Gasteiger partial charge in [0, 0.05) is 24.8 Å². The first-order chi connectivity index (χ1) is 14.8. The molecule has 0 aliphatic carbocycles. The zero-order valence-electron chi connectivity index (χ0n) is 18.0. The van der Waals surface area contributed by atoms with Gasteiger partial charge in [0.2, 0.25) is 5.75 Å². The van der Waals surface area contributed by atoms with Crippen molar-refractivity contribution in [2.75, 3.05) is 7.11 Å². The van der Waals surface area contributed by atoms with Crippen molar-refractivity contribution in [2.24, 2.45) is 0 Å². The SMILES string of the molecule is COc1ccnc(C(=O)N[C@@H](C)c2nnc(-c3ccc(C(C)C)cc3)s2)c1OC(C)=O. The smallest absolute Gasteiger partial charge is 0.308 e. The van der Waals surface area contributed by atoms with Gasteiger partial charge >= 0.3 is 5.97 Å². The van der Waals surface area contributed by atoms with Crippen LogP contribution in [0.4, 0.5) is 0 Å². The van der Waals surface area contributed by atoms with E-state index < -0.39 is 17.9 Å². The Morgan fingerprint density at radius 1 is 1.06 bits per heavy atom. The van der Waals surface area contributed by atoms with Crippen molar-refractivity contribution in [2.45, 2.75) is 39.7 Å². The van der Waals surface area contributed by atoms with Crippen molar-refractivity contribution >= 4 is 23.2 Å². The van der Waals surface area contributed by atoms with Gasteiger partial charge in [-0.3, -0.25) is 9.59 Å². The molecule has 162 valence electrons. The van der Waals surface area contributed by atoms with Gasteiger partial charge in [-0.2, -0.15) is 0 Å². The van der Waals surface area contributed by atoms with E-state index in [4.69, 9.17) is 9.47 Å². The van der Waals surface area contributed by atoms with Gasteiger partial charge in [-0.1, -0.05) is 49.4 Å². The van der Waals surface area contributed by atoms with Gasteiger partial charge in [-0.15, -0.1) is 10.2 Å². The zero-order chi connectivity index (χ0) is 22.5. The van der Waals surface area contributed by atoms with E-state index in [1.54, 1.807) is 6.92 Å². The fraction of sp³-hybridized carbons (Fsp3) is 0.318. The molecule has 2 heterocycles. The lowest BCUT2D eigenvalue weighted by Crippen LogP contribution is -2.28. The summed E-state index contributed by atoms with van der Waals surface area (Å²) in [6, 6.07) is 9.30. The molecule has 0 bridgehead atoms. The van der Waals surface area contributed by atoms with Gasteiger partial charge in [0.05, 0.1) is 13.2 Å². The van der Waals surface area contributed by atoms with Crippen molar-refractivity contribution in [3.05, 3.63) is 52.8 Å². The highest BCUT2D eigenvalue weighted by Crippen LogP contribution is 2.31. The minimum absolute atomic E-state index is 0.0228. The lowest BCUT2D eigenvalue weighted by molar-refractivity contribution is -0.132. The Bertz CT molecular complexity index is 1080. The number of ether oxygens (including phenoxy) is 2. The van der Waals surface area contributed by atoms with Crippen molar-refractivity contribution < 1.29 is 19.1 Å². The van der Waals surface area contributed by atoms with Crippen LogP contribution in [0.5, 0.6) is 11.5 Å². The Kier molecular flexibility index (Phi) is 6.96. The largest absolute Gasteiger partial charge is 0.493 e. The molecular weight excluding hydrogens is 416 g/mol. The second kappa shape index (κ2) is 9.65. The second-order valence-electron chi connectivity index (χ2n) is 7.20. The van der Waals surface area contributed by atoms with E-state index in [1.807, 2.05) is 12.1 Å². The summed E-state index contributed by atoms with van der Waals surface area (Å²) in [5, 5.41) is 12.7. The predicted molar refractivity (Wildman–Crippen MR) is 117 cm³/mol. The van der Waals surface area contributed by atoms with Crippen molar-refractivity contribution in [3.63, 3.8) is 0 Å². The Balaban J connectivity index is 1.77. The molecule has 3 aromatic rings. The maximum absolute atomic E-state index is 12.8. The van der Waals surface area contributed by atoms with Gasteiger partial charge in [0.25, 0.3) is 5.91 Å². The van der Waals surface area contributed by atoms with Crippen molar-refractivity contribution in [1.29, 1.82) is 0 Å². The van der Waals surface area contributed by atoms with Crippen LogP contribution < -0.4 is 14.8 Å². The maximum atomic E-state index is 12.8. The molecule has 8 nitrogen and oxygen atoms in total. The van der Waals surface area contributed by atoms with Crippen LogP contribution in [-0.4, -0.2) is 34.2 Å². The third-order valence-corrected chi connectivity index (χ3v) is 5.69. The second-order valence-corrected chi connectivity index (χ2v) is 8.21. The molecule has 0 aliphatic heterocycles. The summed E-state index contributed by atoms with van der Waals surface area (Å²) in [6.45, 7) is 7.34. The maximum Gasteiger partial charge on any atom is 0.308 e. The minimum Gasteiger partial charge on any atom is -0.493 e. The molecule has 0 aliphatic rings. The van der Waals surface area contributed by atoms with E-state index in [-0.39, 0.29) is 17.2 Å². The van der Waals surface area contributed by atoms with E-state index in [9.17, 15) is 9.59 Å². The summed E-state index contributed by atoms with van der Waals surface area (Å²) < 4.78 is 10.3. The Hall–Kier alpha value is -3.33. The molecule has 3 rings (SSSR count). The monoisotopic (exact) mass is 440 g/mol. The first-order valence-electron chi connectivity index (χ1n) is 9.76. The Labute approximate surface area is 184 Å². The Morgan fingerprint density at radius 2 is 1.77 bits per heavy atom. The standard InChI is InChI=1S/C22H24N4O4S/c1-12(2)15-6-8-16(9-7-15)22-26-25-21(31-22)13(3)24-20(28)18-19(30-14(4)27)17(29-5)10-11-23-18/h6-13H,1-5H3,(H,24,28)/t13-/m0/s1. The molecule has 1 aromatic carbocycles. The average molecular weight is 441 g/mol. The molecular formula is C22H24N4O4S. The number of hydrogen-bond donors (Lipinski definition) is 1. The normalized spacial score (nSPS) is 11.8. The number of aromatic nitrogens is 3. The van der Waals surface area contributed by atoms with E-state index in [1.165, 1.54) is 43.2 Å². The van der Waals surface area contributed by atoms with Crippen LogP contribution in [0.2, 0.25) is 0 Å². The number of carbonyl (C=O) groups is 2.